The Bertz CT molecular complexity index is 586. The zero-order chi connectivity index (χ0) is 13.3. The van der Waals surface area contributed by atoms with E-state index in [0.29, 0.717) is 12.1 Å². The number of H-pyrrole nitrogens is 1. The van der Waals surface area contributed by atoms with Crippen LogP contribution in [0.25, 0.3) is 10.9 Å². The van der Waals surface area contributed by atoms with Crippen molar-refractivity contribution in [1.29, 1.82) is 0 Å². The first-order valence-electron chi connectivity index (χ1n) is 6.12. The normalized spacial score (nSPS) is 12.7. The van der Waals surface area contributed by atoms with E-state index in [1.54, 1.807) is 0 Å². The Kier molecular flexibility index (Phi) is 3.39. The molecule has 0 unspecified atom stereocenters. The monoisotopic (exact) mass is 245 g/mol. The molecule has 96 valence electrons. The standard InChI is InChI=1S/C14H19N3O/c1-8(7-15)16-14(18)11-4-5-13-12(6-11)9(2)10(3)17-13/h4-6,8,17H,7,15H2,1-3H3,(H,16,18)/t8-/m1/s1. The molecule has 1 heterocycles. The third-order valence-electron chi connectivity index (χ3n) is 3.30. The van der Waals surface area contributed by atoms with Crippen molar-refractivity contribution in [2.45, 2.75) is 26.8 Å². The van der Waals surface area contributed by atoms with Gasteiger partial charge in [0.05, 0.1) is 0 Å². The molecule has 4 N–H and O–H groups in total. The molecular formula is C14H19N3O. The van der Waals surface area contributed by atoms with Crippen LogP contribution in [-0.4, -0.2) is 23.5 Å². The Morgan fingerprint density at radius 2 is 2.17 bits per heavy atom. The van der Waals surface area contributed by atoms with Crippen LogP contribution in [0.5, 0.6) is 0 Å². The minimum atomic E-state index is -0.0758. The van der Waals surface area contributed by atoms with Gasteiger partial charge in [-0.05, 0) is 44.5 Å². The van der Waals surface area contributed by atoms with Crippen LogP contribution in [0.1, 0.15) is 28.5 Å². The van der Waals surface area contributed by atoms with Crippen LogP contribution in [-0.2, 0) is 0 Å². The maximum atomic E-state index is 12.0. The van der Waals surface area contributed by atoms with Gasteiger partial charge < -0.3 is 16.0 Å². The lowest BCUT2D eigenvalue weighted by molar-refractivity contribution is 0.0941. The molecule has 1 amide bonds. The third-order valence-corrected chi connectivity index (χ3v) is 3.30. The zero-order valence-corrected chi connectivity index (χ0v) is 11.0. The van der Waals surface area contributed by atoms with Crippen molar-refractivity contribution in [3.63, 3.8) is 0 Å². The van der Waals surface area contributed by atoms with Gasteiger partial charge in [0.1, 0.15) is 0 Å². The number of hydrogen-bond acceptors (Lipinski definition) is 2. The molecule has 0 spiro atoms. The molecule has 0 saturated carbocycles. The van der Waals surface area contributed by atoms with Crippen LogP contribution in [0, 0.1) is 13.8 Å². The first-order chi connectivity index (χ1) is 8.52. The van der Waals surface area contributed by atoms with Gasteiger partial charge in [-0.15, -0.1) is 0 Å². The highest BCUT2D eigenvalue weighted by molar-refractivity contribution is 5.99. The number of fused-ring (bicyclic) bond motifs is 1. The third kappa shape index (κ3) is 2.24. The van der Waals surface area contributed by atoms with Gasteiger partial charge in [0.15, 0.2) is 0 Å². The van der Waals surface area contributed by atoms with E-state index in [1.165, 1.54) is 5.56 Å². The Labute approximate surface area is 107 Å². The second-order valence-electron chi connectivity index (χ2n) is 4.75. The van der Waals surface area contributed by atoms with E-state index >= 15 is 0 Å². The van der Waals surface area contributed by atoms with Crippen molar-refractivity contribution in [3.05, 3.63) is 35.0 Å². The predicted molar refractivity (Wildman–Crippen MR) is 73.8 cm³/mol. The summed E-state index contributed by atoms with van der Waals surface area (Å²) in [5, 5.41) is 3.96. The van der Waals surface area contributed by atoms with E-state index in [9.17, 15) is 4.79 Å². The fourth-order valence-electron chi connectivity index (χ4n) is 1.97. The highest BCUT2D eigenvalue weighted by Crippen LogP contribution is 2.22. The highest BCUT2D eigenvalue weighted by Gasteiger charge is 2.11. The number of carbonyl (C=O) groups excluding carboxylic acids is 1. The van der Waals surface area contributed by atoms with Crippen LogP contribution in [0.2, 0.25) is 0 Å². The summed E-state index contributed by atoms with van der Waals surface area (Å²) in [7, 11) is 0. The van der Waals surface area contributed by atoms with Gasteiger partial charge in [-0.25, -0.2) is 0 Å². The molecule has 0 bridgehead atoms. The van der Waals surface area contributed by atoms with Crippen LogP contribution in [0.4, 0.5) is 0 Å². The molecule has 0 aliphatic heterocycles. The number of aromatic amines is 1. The smallest absolute Gasteiger partial charge is 0.251 e. The van der Waals surface area contributed by atoms with Gasteiger partial charge in [0.25, 0.3) is 5.91 Å². The van der Waals surface area contributed by atoms with Crippen molar-refractivity contribution in [3.8, 4) is 0 Å². The number of amides is 1. The molecule has 1 aromatic heterocycles. The summed E-state index contributed by atoms with van der Waals surface area (Å²) in [6.45, 7) is 6.42. The van der Waals surface area contributed by atoms with Crippen LogP contribution in [0.3, 0.4) is 0 Å². The van der Waals surface area contributed by atoms with Crippen LogP contribution < -0.4 is 11.1 Å². The van der Waals surface area contributed by atoms with E-state index in [1.807, 2.05) is 32.0 Å². The number of rotatable bonds is 3. The molecule has 0 aliphatic rings. The lowest BCUT2D eigenvalue weighted by atomic mass is 10.1. The van der Waals surface area contributed by atoms with Crippen molar-refractivity contribution >= 4 is 16.8 Å². The predicted octanol–water partition coefficient (Wildman–Crippen LogP) is 1.86. The number of carbonyl (C=O) groups is 1. The second kappa shape index (κ2) is 4.82. The van der Waals surface area contributed by atoms with Crippen molar-refractivity contribution in [2.75, 3.05) is 6.54 Å². The van der Waals surface area contributed by atoms with E-state index in [2.05, 4.69) is 17.2 Å². The summed E-state index contributed by atoms with van der Waals surface area (Å²) in [5.41, 5.74) is 9.55. The van der Waals surface area contributed by atoms with Gasteiger partial charge in [-0.3, -0.25) is 4.79 Å². The number of aromatic nitrogens is 1. The molecule has 2 aromatic rings. The highest BCUT2D eigenvalue weighted by atomic mass is 16.1. The average molecular weight is 245 g/mol. The molecule has 0 radical (unpaired) electrons. The van der Waals surface area contributed by atoms with Crippen LogP contribution in [0.15, 0.2) is 18.2 Å². The quantitative estimate of drug-likeness (QED) is 0.772. The first kappa shape index (κ1) is 12.6. The van der Waals surface area contributed by atoms with Crippen LogP contribution >= 0.6 is 0 Å². The molecule has 1 atom stereocenters. The SMILES string of the molecule is Cc1[nH]c2ccc(C(=O)N[C@H](C)CN)cc2c1C. The van der Waals surface area contributed by atoms with E-state index in [0.717, 1.165) is 16.6 Å². The summed E-state index contributed by atoms with van der Waals surface area (Å²) in [6, 6.07) is 5.68. The van der Waals surface area contributed by atoms with E-state index in [4.69, 9.17) is 5.73 Å². The average Bonchev–Trinajstić information content (AvgIpc) is 2.64. The molecule has 0 saturated heterocycles. The molecule has 4 nitrogen and oxygen atoms in total. The fraction of sp³-hybridized carbons (Fsp3) is 0.357. The Balaban J connectivity index is 2.35. The Morgan fingerprint density at radius 3 is 2.83 bits per heavy atom. The minimum absolute atomic E-state index is 0.0118. The summed E-state index contributed by atoms with van der Waals surface area (Å²) in [5.74, 6) is -0.0758. The molecule has 18 heavy (non-hydrogen) atoms. The summed E-state index contributed by atoms with van der Waals surface area (Å²) in [6.07, 6.45) is 0. The number of benzene rings is 1. The summed E-state index contributed by atoms with van der Waals surface area (Å²) in [4.78, 5) is 15.3. The lowest BCUT2D eigenvalue weighted by Gasteiger charge is -2.11. The molecule has 2 rings (SSSR count). The largest absolute Gasteiger partial charge is 0.358 e. The second-order valence-corrected chi connectivity index (χ2v) is 4.75. The van der Waals surface area contributed by atoms with Crippen molar-refractivity contribution in [1.82, 2.24) is 10.3 Å². The van der Waals surface area contributed by atoms with Gasteiger partial charge in [0.2, 0.25) is 0 Å². The molecule has 0 aliphatic carbocycles. The van der Waals surface area contributed by atoms with Gasteiger partial charge in [0, 0.05) is 34.7 Å². The lowest BCUT2D eigenvalue weighted by Crippen LogP contribution is -2.37. The molecule has 4 heteroatoms. The maximum Gasteiger partial charge on any atom is 0.251 e. The first-order valence-corrected chi connectivity index (χ1v) is 6.12. The zero-order valence-electron chi connectivity index (χ0n) is 11.0. The molecular weight excluding hydrogens is 226 g/mol. The van der Waals surface area contributed by atoms with E-state index < -0.39 is 0 Å². The van der Waals surface area contributed by atoms with E-state index in [-0.39, 0.29) is 11.9 Å². The summed E-state index contributed by atoms with van der Waals surface area (Å²) >= 11 is 0. The van der Waals surface area contributed by atoms with Gasteiger partial charge in [-0.2, -0.15) is 0 Å². The van der Waals surface area contributed by atoms with Gasteiger partial charge >= 0.3 is 0 Å². The molecule has 1 aromatic carbocycles. The maximum absolute atomic E-state index is 12.0. The molecule has 0 fully saturated rings. The number of nitrogens with two attached hydrogens (primary N) is 1. The summed E-state index contributed by atoms with van der Waals surface area (Å²) < 4.78 is 0. The Morgan fingerprint density at radius 1 is 1.44 bits per heavy atom. The number of nitrogens with one attached hydrogen (secondary N) is 2. The topological polar surface area (TPSA) is 70.9 Å². The van der Waals surface area contributed by atoms with Crippen molar-refractivity contribution in [2.24, 2.45) is 5.73 Å². The van der Waals surface area contributed by atoms with Gasteiger partial charge in [-0.1, -0.05) is 0 Å². The fourth-order valence-corrected chi connectivity index (χ4v) is 1.97. The van der Waals surface area contributed by atoms with Crippen molar-refractivity contribution < 1.29 is 4.79 Å². The Hall–Kier alpha value is -1.81. The number of hydrogen-bond donors (Lipinski definition) is 3. The number of aryl methyl sites for hydroxylation is 2. The minimum Gasteiger partial charge on any atom is -0.358 e.